The largest absolute Gasteiger partial charge is 0.497 e. The van der Waals surface area contributed by atoms with Gasteiger partial charge < -0.3 is 9.15 Å². The lowest BCUT2D eigenvalue weighted by Crippen LogP contribution is -2.23. The molecule has 1 aromatic carbocycles. The van der Waals surface area contributed by atoms with Crippen LogP contribution in [0.25, 0.3) is 10.8 Å². The number of thiophene rings is 1. The summed E-state index contributed by atoms with van der Waals surface area (Å²) in [5.41, 5.74) is 0. The van der Waals surface area contributed by atoms with Crippen molar-refractivity contribution in [3.63, 3.8) is 0 Å². The summed E-state index contributed by atoms with van der Waals surface area (Å²) in [6, 6.07) is 9.23. The van der Waals surface area contributed by atoms with Gasteiger partial charge in [-0.1, -0.05) is 11.2 Å². The van der Waals surface area contributed by atoms with Crippen molar-refractivity contribution in [2.24, 2.45) is 0 Å². The number of amides is 1. The first-order chi connectivity index (χ1) is 12.0. The molecule has 25 heavy (non-hydrogen) atoms. The Bertz CT molecular complexity index is 963. The van der Waals surface area contributed by atoms with E-state index in [1.807, 2.05) is 11.4 Å². The summed E-state index contributed by atoms with van der Waals surface area (Å²) >= 11 is 1.40. The molecule has 1 amide bonds. The second-order valence-corrected chi connectivity index (χ2v) is 7.81. The zero-order valence-corrected chi connectivity index (χ0v) is 14.6. The normalized spacial score (nSPS) is 11.2. The van der Waals surface area contributed by atoms with E-state index in [1.165, 1.54) is 42.7 Å². The molecule has 10 heteroatoms. The van der Waals surface area contributed by atoms with E-state index in [1.54, 1.807) is 6.07 Å². The van der Waals surface area contributed by atoms with Gasteiger partial charge in [-0.15, -0.1) is 16.4 Å². The van der Waals surface area contributed by atoms with Crippen LogP contribution in [0.15, 0.2) is 51.1 Å². The molecule has 3 aromatic rings. The highest BCUT2D eigenvalue weighted by Crippen LogP contribution is 2.24. The molecule has 2 heterocycles. The maximum Gasteiger partial charge on any atom is 0.322 e. The van der Waals surface area contributed by atoms with Crippen molar-refractivity contribution in [2.75, 3.05) is 18.2 Å². The fourth-order valence-electron chi connectivity index (χ4n) is 1.97. The molecule has 0 saturated heterocycles. The number of ether oxygens (including phenoxy) is 1. The van der Waals surface area contributed by atoms with Gasteiger partial charge in [0.1, 0.15) is 11.5 Å². The number of anilines is 1. The minimum atomic E-state index is -3.80. The number of benzene rings is 1. The van der Waals surface area contributed by atoms with E-state index in [0.29, 0.717) is 5.75 Å². The number of nitrogens with one attached hydrogen (secondary N) is 1. The van der Waals surface area contributed by atoms with Gasteiger partial charge >= 0.3 is 6.01 Å². The Morgan fingerprint density at radius 1 is 1.24 bits per heavy atom. The van der Waals surface area contributed by atoms with Crippen LogP contribution in [0.2, 0.25) is 0 Å². The summed E-state index contributed by atoms with van der Waals surface area (Å²) in [4.78, 5) is 12.8. The van der Waals surface area contributed by atoms with E-state index < -0.39 is 21.5 Å². The third-order valence-electron chi connectivity index (χ3n) is 3.14. The van der Waals surface area contributed by atoms with Crippen molar-refractivity contribution in [1.29, 1.82) is 0 Å². The Labute approximate surface area is 147 Å². The van der Waals surface area contributed by atoms with Crippen LogP contribution in [0, 0.1) is 0 Å². The number of sulfone groups is 1. The minimum Gasteiger partial charge on any atom is -0.497 e. The molecule has 0 atom stereocenters. The van der Waals surface area contributed by atoms with Crippen LogP contribution >= 0.6 is 11.3 Å². The molecule has 0 saturated carbocycles. The van der Waals surface area contributed by atoms with Crippen LogP contribution < -0.4 is 10.1 Å². The van der Waals surface area contributed by atoms with Crippen LogP contribution in [0.1, 0.15) is 0 Å². The van der Waals surface area contributed by atoms with Gasteiger partial charge in [0, 0.05) is 0 Å². The molecule has 0 fully saturated rings. The molecule has 0 aliphatic carbocycles. The van der Waals surface area contributed by atoms with Gasteiger partial charge in [-0.3, -0.25) is 10.1 Å². The number of aromatic nitrogens is 2. The first-order valence-corrected chi connectivity index (χ1v) is 9.55. The van der Waals surface area contributed by atoms with E-state index in [9.17, 15) is 13.2 Å². The zero-order chi connectivity index (χ0) is 17.9. The van der Waals surface area contributed by atoms with Gasteiger partial charge in [-0.2, -0.15) is 0 Å². The Hall–Kier alpha value is -2.72. The van der Waals surface area contributed by atoms with Gasteiger partial charge in [0.05, 0.1) is 16.9 Å². The second-order valence-electron chi connectivity index (χ2n) is 4.87. The molecule has 0 radical (unpaired) electrons. The predicted octanol–water partition coefficient (Wildman–Crippen LogP) is 2.22. The number of nitrogens with zero attached hydrogens (tertiary/aromatic N) is 2. The van der Waals surface area contributed by atoms with Crippen LogP contribution in [0.4, 0.5) is 6.01 Å². The van der Waals surface area contributed by atoms with Crippen molar-refractivity contribution in [3.05, 3.63) is 41.8 Å². The Morgan fingerprint density at radius 3 is 2.64 bits per heavy atom. The molecule has 3 rings (SSSR count). The van der Waals surface area contributed by atoms with E-state index in [2.05, 4.69) is 15.5 Å². The van der Waals surface area contributed by atoms with Crippen molar-refractivity contribution in [2.45, 2.75) is 4.90 Å². The molecule has 0 aliphatic rings. The molecule has 8 nitrogen and oxygen atoms in total. The summed E-state index contributed by atoms with van der Waals surface area (Å²) in [6.45, 7) is 0. The summed E-state index contributed by atoms with van der Waals surface area (Å²) in [5, 5.41) is 11.6. The average molecular weight is 379 g/mol. The van der Waals surface area contributed by atoms with Gasteiger partial charge in [-0.05, 0) is 35.7 Å². The molecular formula is C15H13N3O5S2. The average Bonchev–Trinajstić information content (AvgIpc) is 3.25. The Morgan fingerprint density at radius 2 is 2.00 bits per heavy atom. The number of rotatable bonds is 6. The SMILES string of the molecule is COc1ccc(S(=O)(=O)CC(=O)Nc2nnc(-c3cccs3)o2)cc1. The minimum absolute atomic E-state index is 0.0215. The quantitative estimate of drug-likeness (QED) is 0.699. The van der Waals surface area contributed by atoms with E-state index in [4.69, 9.17) is 9.15 Å². The fourth-order valence-corrected chi connectivity index (χ4v) is 3.75. The second kappa shape index (κ2) is 7.03. The molecule has 130 valence electrons. The molecule has 1 N–H and O–H groups in total. The maximum absolute atomic E-state index is 12.3. The van der Waals surface area contributed by atoms with E-state index >= 15 is 0 Å². The van der Waals surface area contributed by atoms with Crippen LogP contribution in [0.3, 0.4) is 0 Å². The van der Waals surface area contributed by atoms with Crippen molar-refractivity contribution in [1.82, 2.24) is 10.2 Å². The highest BCUT2D eigenvalue weighted by atomic mass is 32.2. The molecule has 2 aromatic heterocycles. The molecule has 0 bridgehead atoms. The van der Waals surface area contributed by atoms with Crippen LogP contribution in [0.5, 0.6) is 5.75 Å². The van der Waals surface area contributed by atoms with Gasteiger partial charge in [0.2, 0.25) is 5.91 Å². The molecule has 0 aliphatic heterocycles. The van der Waals surface area contributed by atoms with Gasteiger partial charge in [0.25, 0.3) is 5.89 Å². The standard InChI is InChI=1S/C15H13N3O5S2/c1-22-10-4-6-11(7-5-10)25(20,21)9-13(19)16-15-18-17-14(23-15)12-3-2-8-24-12/h2-8H,9H2,1H3,(H,16,18,19). The van der Waals surface area contributed by atoms with Crippen molar-refractivity contribution >= 4 is 33.1 Å². The maximum atomic E-state index is 12.3. The fraction of sp³-hybridized carbons (Fsp3) is 0.133. The number of carbonyl (C=O) groups excluding carboxylic acids is 1. The highest BCUT2D eigenvalue weighted by molar-refractivity contribution is 7.92. The first kappa shape index (κ1) is 17.1. The van der Waals surface area contributed by atoms with Gasteiger partial charge in [-0.25, -0.2) is 8.42 Å². The molecule has 0 spiro atoms. The van der Waals surface area contributed by atoms with Crippen molar-refractivity contribution < 1.29 is 22.4 Å². The van der Waals surface area contributed by atoms with Crippen LogP contribution in [-0.4, -0.2) is 37.4 Å². The smallest absolute Gasteiger partial charge is 0.322 e. The van der Waals surface area contributed by atoms with Crippen molar-refractivity contribution in [3.8, 4) is 16.5 Å². The predicted molar refractivity (Wildman–Crippen MR) is 91.3 cm³/mol. The number of hydrogen-bond donors (Lipinski definition) is 1. The molecule has 0 unspecified atom stereocenters. The number of hydrogen-bond acceptors (Lipinski definition) is 8. The van der Waals surface area contributed by atoms with E-state index in [0.717, 1.165) is 4.88 Å². The summed E-state index contributed by atoms with van der Waals surface area (Å²) < 4.78 is 34.8. The Kier molecular flexibility index (Phi) is 4.81. The van der Waals surface area contributed by atoms with Gasteiger partial charge in [0.15, 0.2) is 9.84 Å². The first-order valence-electron chi connectivity index (χ1n) is 7.02. The van der Waals surface area contributed by atoms with E-state index in [-0.39, 0.29) is 16.8 Å². The summed E-state index contributed by atoms with van der Waals surface area (Å²) in [5.74, 6) is -0.730. The zero-order valence-electron chi connectivity index (χ0n) is 13.0. The molecular weight excluding hydrogens is 366 g/mol. The summed E-state index contributed by atoms with van der Waals surface area (Å²) in [7, 11) is -2.32. The third-order valence-corrected chi connectivity index (χ3v) is 5.63. The number of methoxy groups -OCH3 is 1. The third kappa shape index (κ3) is 4.03. The lowest BCUT2D eigenvalue weighted by Gasteiger charge is -2.05. The van der Waals surface area contributed by atoms with Crippen LogP contribution in [-0.2, 0) is 14.6 Å². The summed E-state index contributed by atoms with van der Waals surface area (Å²) in [6.07, 6.45) is 0. The monoisotopic (exact) mass is 379 g/mol. The topological polar surface area (TPSA) is 111 Å². The Balaban J connectivity index is 1.67. The number of carbonyl (C=O) groups is 1. The lowest BCUT2D eigenvalue weighted by atomic mass is 10.3. The lowest BCUT2D eigenvalue weighted by molar-refractivity contribution is -0.114. The highest BCUT2D eigenvalue weighted by Gasteiger charge is 2.21.